The first-order chi connectivity index (χ1) is 13.2. The number of hydrogen-bond acceptors (Lipinski definition) is 0. The van der Waals surface area contributed by atoms with Crippen molar-refractivity contribution >= 4 is 0 Å². The van der Waals surface area contributed by atoms with Crippen molar-refractivity contribution in [1.29, 1.82) is 0 Å². The van der Waals surface area contributed by atoms with Gasteiger partial charge in [-0.05, 0) is 109 Å². The summed E-state index contributed by atoms with van der Waals surface area (Å²) in [4.78, 5) is 0. The molecule has 146 valence electrons. The molecule has 0 amide bonds. The molecule has 4 heteroatoms. The molecule has 0 saturated carbocycles. The van der Waals surface area contributed by atoms with Gasteiger partial charge in [0.25, 0.3) is 0 Å². The van der Waals surface area contributed by atoms with E-state index >= 15 is 0 Å². The second kappa shape index (κ2) is 7.78. The summed E-state index contributed by atoms with van der Waals surface area (Å²) in [6.07, 6.45) is 1.00. The molecule has 0 N–H and O–H groups in total. The van der Waals surface area contributed by atoms with Gasteiger partial charge in [0.15, 0.2) is 23.3 Å². The van der Waals surface area contributed by atoms with E-state index in [0.717, 1.165) is 45.5 Å². The summed E-state index contributed by atoms with van der Waals surface area (Å²) in [5.74, 6) is -3.41. The Labute approximate surface area is 162 Å². The van der Waals surface area contributed by atoms with Crippen molar-refractivity contribution in [2.45, 2.75) is 40.5 Å². The molecule has 0 bridgehead atoms. The highest BCUT2D eigenvalue weighted by Gasteiger charge is 2.16. The summed E-state index contributed by atoms with van der Waals surface area (Å²) in [6.45, 7) is 8.02. The van der Waals surface area contributed by atoms with E-state index in [1.54, 1.807) is 12.1 Å². The summed E-state index contributed by atoms with van der Waals surface area (Å²) in [5, 5.41) is 0. The van der Waals surface area contributed by atoms with Crippen LogP contribution >= 0.6 is 0 Å². The third-order valence-electron chi connectivity index (χ3n) is 5.67. The molecule has 0 aliphatic rings. The summed E-state index contributed by atoms with van der Waals surface area (Å²) in [6, 6.07) is 7.94. The molecule has 0 unspecified atom stereocenters. The lowest BCUT2D eigenvalue weighted by molar-refractivity contribution is 0.507. The highest BCUT2D eigenvalue weighted by atomic mass is 19.2. The molecule has 3 rings (SSSR count). The molecule has 0 spiro atoms. The number of rotatable bonds is 4. The molecule has 0 aliphatic carbocycles. The summed E-state index contributed by atoms with van der Waals surface area (Å²) in [7, 11) is 0. The topological polar surface area (TPSA) is 0 Å². The van der Waals surface area contributed by atoms with Crippen LogP contribution in [-0.2, 0) is 12.8 Å². The zero-order chi connectivity index (χ0) is 20.6. The molecule has 28 heavy (non-hydrogen) atoms. The summed E-state index contributed by atoms with van der Waals surface area (Å²) < 4.78 is 53.6. The van der Waals surface area contributed by atoms with E-state index in [1.807, 2.05) is 27.7 Å². The Hall–Kier alpha value is -2.62. The van der Waals surface area contributed by atoms with Gasteiger partial charge in [-0.1, -0.05) is 12.1 Å². The second-order valence-corrected chi connectivity index (χ2v) is 7.31. The predicted octanol–water partition coefficient (Wildman–Crippen LogP) is 6.66. The fourth-order valence-electron chi connectivity index (χ4n) is 3.71. The van der Waals surface area contributed by atoms with Crippen LogP contribution in [0.5, 0.6) is 0 Å². The minimum atomic E-state index is -0.855. The van der Waals surface area contributed by atoms with Crippen LogP contribution in [-0.4, -0.2) is 0 Å². The van der Waals surface area contributed by atoms with E-state index in [0.29, 0.717) is 24.0 Å². The number of halogens is 4. The smallest absolute Gasteiger partial charge is 0.159 e. The minimum Gasteiger partial charge on any atom is -0.204 e. The van der Waals surface area contributed by atoms with Crippen LogP contribution in [0.2, 0.25) is 0 Å². The average Bonchev–Trinajstić information content (AvgIpc) is 2.66. The minimum absolute atomic E-state index is 0.502. The molecule has 0 aromatic heterocycles. The Kier molecular flexibility index (Phi) is 5.59. The maximum absolute atomic E-state index is 13.6. The van der Waals surface area contributed by atoms with Gasteiger partial charge in [0, 0.05) is 0 Å². The van der Waals surface area contributed by atoms with E-state index in [4.69, 9.17) is 0 Å². The third-order valence-corrected chi connectivity index (χ3v) is 5.67. The second-order valence-electron chi connectivity index (χ2n) is 7.31. The molecule has 0 nitrogen and oxygen atoms in total. The van der Waals surface area contributed by atoms with Crippen molar-refractivity contribution in [1.82, 2.24) is 0 Å². The lowest BCUT2D eigenvalue weighted by Crippen LogP contribution is -2.07. The Morgan fingerprint density at radius 2 is 0.821 bits per heavy atom. The predicted molar refractivity (Wildman–Crippen MR) is 104 cm³/mol. The molecule has 3 aromatic rings. The van der Waals surface area contributed by atoms with Gasteiger partial charge in [0.05, 0.1) is 0 Å². The fraction of sp³-hybridized carbons (Fsp3) is 0.250. The first-order valence-electron chi connectivity index (χ1n) is 9.15. The number of benzene rings is 3. The van der Waals surface area contributed by atoms with E-state index in [1.165, 1.54) is 12.1 Å². The van der Waals surface area contributed by atoms with Gasteiger partial charge in [-0.3, -0.25) is 0 Å². The third kappa shape index (κ3) is 3.82. The van der Waals surface area contributed by atoms with Gasteiger partial charge in [-0.25, -0.2) is 17.6 Å². The standard InChI is InChI=1S/C24H22F4/c1-13-14(2)20(10-18-6-8-22(26)24(28)12-18)16(4)15(3)19(13)9-17-5-7-21(25)23(27)11-17/h5-8,11-12H,9-10H2,1-4H3. The normalized spacial score (nSPS) is 11.1. The molecule has 0 fully saturated rings. The molecular formula is C24H22F4. The lowest BCUT2D eigenvalue weighted by atomic mass is 9.84. The van der Waals surface area contributed by atoms with Crippen LogP contribution in [0.15, 0.2) is 36.4 Å². The van der Waals surface area contributed by atoms with Crippen LogP contribution < -0.4 is 0 Å². The quantitative estimate of drug-likeness (QED) is 0.440. The molecule has 0 heterocycles. The van der Waals surface area contributed by atoms with Gasteiger partial charge in [0.1, 0.15) is 0 Å². The van der Waals surface area contributed by atoms with Crippen molar-refractivity contribution in [2.75, 3.05) is 0 Å². The Morgan fingerprint density at radius 3 is 1.11 bits per heavy atom. The number of hydrogen-bond donors (Lipinski definition) is 0. The van der Waals surface area contributed by atoms with E-state index < -0.39 is 23.3 Å². The maximum Gasteiger partial charge on any atom is 0.159 e. The molecule has 3 aromatic carbocycles. The summed E-state index contributed by atoms with van der Waals surface area (Å²) in [5.41, 5.74) is 7.87. The monoisotopic (exact) mass is 386 g/mol. The highest BCUT2D eigenvalue weighted by molar-refractivity contribution is 5.52. The van der Waals surface area contributed by atoms with Gasteiger partial charge < -0.3 is 0 Å². The van der Waals surface area contributed by atoms with Gasteiger partial charge >= 0.3 is 0 Å². The highest BCUT2D eigenvalue weighted by Crippen LogP contribution is 2.30. The zero-order valence-corrected chi connectivity index (χ0v) is 16.4. The van der Waals surface area contributed by atoms with Crippen molar-refractivity contribution in [3.63, 3.8) is 0 Å². The van der Waals surface area contributed by atoms with Crippen molar-refractivity contribution in [3.05, 3.63) is 104 Å². The Bertz CT molecular complexity index is 937. The van der Waals surface area contributed by atoms with Crippen LogP contribution in [0.4, 0.5) is 17.6 Å². The maximum atomic E-state index is 13.6. The Balaban J connectivity index is 2.01. The molecule has 0 radical (unpaired) electrons. The fourth-order valence-corrected chi connectivity index (χ4v) is 3.71. The average molecular weight is 386 g/mol. The Morgan fingerprint density at radius 1 is 0.500 bits per heavy atom. The molecule has 0 saturated heterocycles. The van der Waals surface area contributed by atoms with E-state index in [9.17, 15) is 17.6 Å². The summed E-state index contributed by atoms with van der Waals surface area (Å²) >= 11 is 0. The van der Waals surface area contributed by atoms with Gasteiger partial charge in [-0.15, -0.1) is 0 Å². The first-order valence-corrected chi connectivity index (χ1v) is 9.15. The van der Waals surface area contributed by atoms with Crippen molar-refractivity contribution in [2.24, 2.45) is 0 Å². The van der Waals surface area contributed by atoms with Crippen LogP contribution in [0.3, 0.4) is 0 Å². The molecular weight excluding hydrogens is 364 g/mol. The van der Waals surface area contributed by atoms with E-state index in [2.05, 4.69) is 0 Å². The van der Waals surface area contributed by atoms with Crippen LogP contribution in [0.1, 0.15) is 44.5 Å². The van der Waals surface area contributed by atoms with Crippen molar-refractivity contribution < 1.29 is 17.6 Å². The van der Waals surface area contributed by atoms with Gasteiger partial charge in [0.2, 0.25) is 0 Å². The molecule has 0 atom stereocenters. The lowest BCUT2D eigenvalue weighted by Gasteiger charge is -2.21. The van der Waals surface area contributed by atoms with Crippen molar-refractivity contribution in [3.8, 4) is 0 Å². The SMILES string of the molecule is Cc1c(C)c(Cc2ccc(F)c(F)c2)c(C)c(C)c1Cc1ccc(F)c(F)c1. The largest absolute Gasteiger partial charge is 0.204 e. The molecule has 0 aliphatic heterocycles. The van der Waals surface area contributed by atoms with Gasteiger partial charge in [-0.2, -0.15) is 0 Å². The zero-order valence-electron chi connectivity index (χ0n) is 16.4. The van der Waals surface area contributed by atoms with E-state index in [-0.39, 0.29) is 0 Å². The van der Waals surface area contributed by atoms with Crippen LogP contribution in [0, 0.1) is 51.0 Å². The van der Waals surface area contributed by atoms with Crippen LogP contribution in [0.25, 0.3) is 0 Å². The first kappa shape index (κ1) is 20.1.